The summed E-state index contributed by atoms with van der Waals surface area (Å²) >= 11 is 0. The van der Waals surface area contributed by atoms with Crippen molar-refractivity contribution in [3.63, 3.8) is 0 Å². The SMILES string of the molecule is COC(=O)c1cc(C(=O)Nc2ccc(CC#N)cc2)cc([N+](=O)[O-])c1. The third kappa shape index (κ3) is 4.39. The highest BCUT2D eigenvalue weighted by molar-refractivity contribution is 6.06. The van der Waals surface area contributed by atoms with E-state index in [9.17, 15) is 19.7 Å². The summed E-state index contributed by atoms with van der Waals surface area (Å²) in [6.45, 7) is 0. The van der Waals surface area contributed by atoms with Crippen molar-refractivity contribution >= 4 is 23.3 Å². The Balaban J connectivity index is 2.28. The number of non-ortho nitro benzene ring substituents is 1. The van der Waals surface area contributed by atoms with Crippen molar-refractivity contribution in [2.24, 2.45) is 0 Å². The molecule has 0 spiro atoms. The van der Waals surface area contributed by atoms with Crippen LogP contribution in [0.25, 0.3) is 0 Å². The van der Waals surface area contributed by atoms with Gasteiger partial charge in [0.05, 0.1) is 30.1 Å². The maximum Gasteiger partial charge on any atom is 0.338 e. The normalized spacial score (nSPS) is 9.76. The number of methoxy groups -OCH3 is 1. The van der Waals surface area contributed by atoms with Crippen molar-refractivity contribution in [3.8, 4) is 6.07 Å². The fourth-order valence-electron chi connectivity index (χ4n) is 2.08. The van der Waals surface area contributed by atoms with Gasteiger partial charge in [0.1, 0.15) is 0 Å². The second-order valence-electron chi connectivity index (χ2n) is 5.00. The second kappa shape index (κ2) is 7.70. The Kier molecular flexibility index (Phi) is 5.43. The minimum atomic E-state index is -0.779. The molecule has 0 fully saturated rings. The summed E-state index contributed by atoms with van der Waals surface area (Å²) in [5.41, 5.74) is 0.723. The van der Waals surface area contributed by atoms with Crippen LogP contribution >= 0.6 is 0 Å². The van der Waals surface area contributed by atoms with Gasteiger partial charge in [-0.25, -0.2) is 4.79 Å². The molecule has 0 aliphatic rings. The summed E-state index contributed by atoms with van der Waals surface area (Å²) < 4.78 is 4.54. The molecule has 0 aliphatic heterocycles. The number of hydrogen-bond acceptors (Lipinski definition) is 6. The number of nitrogens with one attached hydrogen (secondary N) is 1. The standard InChI is InChI=1S/C17H13N3O5/c1-25-17(22)13-8-12(9-15(10-13)20(23)24)16(21)19-14-4-2-11(3-5-14)6-7-18/h2-5,8-10H,6H2,1H3,(H,19,21). The van der Waals surface area contributed by atoms with Crippen molar-refractivity contribution in [2.45, 2.75) is 6.42 Å². The van der Waals surface area contributed by atoms with Crippen LogP contribution in [0.2, 0.25) is 0 Å². The Hall–Kier alpha value is -3.73. The molecule has 0 atom stereocenters. The average molecular weight is 339 g/mol. The molecule has 0 heterocycles. The van der Waals surface area contributed by atoms with Gasteiger partial charge in [0, 0.05) is 23.4 Å². The lowest BCUT2D eigenvalue weighted by Crippen LogP contribution is -2.14. The first-order valence-corrected chi connectivity index (χ1v) is 7.09. The van der Waals surface area contributed by atoms with Gasteiger partial charge >= 0.3 is 5.97 Å². The van der Waals surface area contributed by atoms with Crippen molar-refractivity contribution < 1.29 is 19.2 Å². The first-order chi connectivity index (χ1) is 11.9. The number of rotatable bonds is 5. The second-order valence-corrected chi connectivity index (χ2v) is 5.00. The number of nitrogens with zero attached hydrogens (tertiary/aromatic N) is 2. The van der Waals surface area contributed by atoms with E-state index in [1.54, 1.807) is 24.3 Å². The van der Waals surface area contributed by atoms with Crippen LogP contribution in [0.5, 0.6) is 0 Å². The van der Waals surface area contributed by atoms with Gasteiger partial charge in [0.2, 0.25) is 0 Å². The summed E-state index contributed by atoms with van der Waals surface area (Å²) in [6.07, 6.45) is 0.252. The zero-order valence-electron chi connectivity index (χ0n) is 13.2. The third-order valence-electron chi connectivity index (χ3n) is 3.31. The predicted molar refractivity (Wildman–Crippen MR) is 88.1 cm³/mol. The van der Waals surface area contributed by atoms with Gasteiger partial charge in [-0.1, -0.05) is 12.1 Å². The molecule has 0 radical (unpaired) electrons. The Labute approximate surface area is 142 Å². The monoisotopic (exact) mass is 339 g/mol. The highest BCUT2D eigenvalue weighted by Crippen LogP contribution is 2.19. The largest absolute Gasteiger partial charge is 0.465 e. The Morgan fingerprint density at radius 3 is 2.40 bits per heavy atom. The number of amides is 1. The number of benzene rings is 2. The summed E-state index contributed by atoms with van der Waals surface area (Å²) in [7, 11) is 1.14. The zero-order valence-corrected chi connectivity index (χ0v) is 13.2. The van der Waals surface area contributed by atoms with Crippen LogP contribution in [0.3, 0.4) is 0 Å². The Morgan fingerprint density at radius 2 is 1.84 bits per heavy atom. The van der Waals surface area contributed by atoms with Crippen LogP contribution in [0, 0.1) is 21.4 Å². The number of esters is 1. The molecule has 0 saturated carbocycles. The lowest BCUT2D eigenvalue weighted by Gasteiger charge is -2.07. The van der Waals surface area contributed by atoms with Gasteiger partial charge in [-0.2, -0.15) is 5.26 Å². The lowest BCUT2D eigenvalue weighted by atomic mass is 10.1. The highest BCUT2D eigenvalue weighted by atomic mass is 16.6. The Morgan fingerprint density at radius 1 is 1.20 bits per heavy atom. The number of anilines is 1. The van der Waals surface area contributed by atoms with E-state index in [2.05, 4.69) is 10.1 Å². The van der Waals surface area contributed by atoms with Crippen LogP contribution in [0.4, 0.5) is 11.4 Å². The first-order valence-electron chi connectivity index (χ1n) is 7.09. The number of carbonyl (C=O) groups is 2. The number of nitro groups is 1. The molecular weight excluding hydrogens is 326 g/mol. The first kappa shape index (κ1) is 17.6. The van der Waals surface area contributed by atoms with Crippen molar-refractivity contribution in [3.05, 3.63) is 69.3 Å². The van der Waals surface area contributed by atoms with Crippen LogP contribution in [-0.4, -0.2) is 23.9 Å². The molecule has 8 nitrogen and oxygen atoms in total. The van der Waals surface area contributed by atoms with E-state index in [1.807, 2.05) is 6.07 Å². The highest BCUT2D eigenvalue weighted by Gasteiger charge is 2.18. The summed E-state index contributed by atoms with van der Waals surface area (Å²) in [6, 6.07) is 12.0. The Bertz CT molecular complexity index is 869. The molecule has 1 N–H and O–H groups in total. The molecule has 0 aromatic heterocycles. The predicted octanol–water partition coefficient (Wildman–Crippen LogP) is 2.70. The maximum atomic E-state index is 12.3. The molecular formula is C17H13N3O5. The van der Waals surface area contributed by atoms with E-state index in [0.717, 1.165) is 24.8 Å². The maximum absolute atomic E-state index is 12.3. The van der Waals surface area contributed by atoms with E-state index in [1.165, 1.54) is 6.07 Å². The van der Waals surface area contributed by atoms with E-state index in [-0.39, 0.29) is 17.5 Å². The van der Waals surface area contributed by atoms with Gasteiger partial charge in [-0.3, -0.25) is 14.9 Å². The molecule has 2 aromatic carbocycles. The van der Waals surface area contributed by atoms with Crippen molar-refractivity contribution in [1.29, 1.82) is 5.26 Å². The molecule has 0 aliphatic carbocycles. The van der Waals surface area contributed by atoms with E-state index in [0.29, 0.717) is 5.69 Å². The van der Waals surface area contributed by atoms with E-state index < -0.39 is 22.5 Å². The number of nitriles is 1. The fourth-order valence-corrected chi connectivity index (χ4v) is 2.08. The minimum Gasteiger partial charge on any atom is -0.465 e. The molecule has 0 saturated heterocycles. The summed E-state index contributed by atoms with van der Waals surface area (Å²) in [5.74, 6) is -1.39. The zero-order chi connectivity index (χ0) is 18.4. The molecule has 8 heteroatoms. The quantitative estimate of drug-likeness (QED) is 0.507. The molecule has 0 bridgehead atoms. The smallest absolute Gasteiger partial charge is 0.338 e. The van der Waals surface area contributed by atoms with Crippen LogP contribution in [-0.2, 0) is 11.2 Å². The minimum absolute atomic E-state index is 0.0456. The van der Waals surface area contributed by atoms with Crippen molar-refractivity contribution in [2.75, 3.05) is 12.4 Å². The van der Waals surface area contributed by atoms with E-state index in [4.69, 9.17) is 5.26 Å². The molecule has 0 unspecified atom stereocenters. The molecule has 126 valence electrons. The molecule has 1 amide bonds. The summed E-state index contributed by atoms with van der Waals surface area (Å²) in [4.78, 5) is 34.2. The van der Waals surface area contributed by atoms with Gasteiger partial charge in [-0.05, 0) is 23.8 Å². The van der Waals surface area contributed by atoms with Crippen LogP contribution < -0.4 is 5.32 Å². The van der Waals surface area contributed by atoms with Gasteiger partial charge in [-0.15, -0.1) is 0 Å². The number of carbonyl (C=O) groups excluding carboxylic acids is 2. The van der Waals surface area contributed by atoms with Crippen LogP contribution in [0.15, 0.2) is 42.5 Å². The van der Waals surface area contributed by atoms with Crippen LogP contribution in [0.1, 0.15) is 26.3 Å². The molecule has 2 aromatic rings. The van der Waals surface area contributed by atoms with Crippen molar-refractivity contribution in [1.82, 2.24) is 0 Å². The average Bonchev–Trinajstić information content (AvgIpc) is 2.62. The topological polar surface area (TPSA) is 122 Å². The third-order valence-corrected chi connectivity index (χ3v) is 3.31. The van der Waals surface area contributed by atoms with Gasteiger partial charge < -0.3 is 10.1 Å². The van der Waals surface area contributed by atoms with E-state index >= 15 is 0 Å². The number of nitro benzene ring substituents is 1. The molecule has 25 heavy (non-hydrogen) atoms. The molecule has 2 rings (SSSR count). The fraction of sp³-hybridized carbons (Fsp3) is 0.118. The number of ether oxygens (including phenoxy) is 1. The summed E-state index contributed by atoms with van der Waals surface area (Å²) in [5, 5.41) is 22.2. The van der Waals surface area contributed by atoms with Gasteiger partial charge in [0.25, 0.3) is 11.6 Å². The lowest BCUT2D eigenvalue weighted by molar-refractivity contribution is -0.384. The van der Waals surface area contributed by atoms with Gasteiger partial charge in [0.15, 0.2) is 0 Å². The number of hydrogen-bond donors (Lipinski definition) is 1.